The monoisotopic (exact) mass is 436 g/mol. The van der Waals surface area contributed by atoms with Crippen molar-refractivity contribution in [1.82, 2.24) is 4.90 Å². The minimum Gasteiger partial charge on any atom is -0.454 e. The number of imide groups is 1. The second kappa shape index (κ2) is 10.00. The molecule has 1 atom stereocenters. The van der Waals surface area contributed by atoms with Crippen LogP contribution in [0.15, 0.2) is 48.5 Å². The van der Waals surface area contributed by atoms with Gasteiger partial charge in [-0.1, -0.05) is 44.0 Å². The summed E-state index contributed by atoms with van der Waals surface area (Å²) in [6, 6.07) is 11.6. The van der Waals surface area contributed by atoms with E-state index in [1.807, 2.05) is 6.92 Å². The van der Waals surface area contributed by atoms with Crippen molar-refractivity contribution in [3.63, 3.8) is 0 Å². The van der Waals surface area contributed by atoms with E-state index in [1.165, 1.54) is 13.0 Å². The summed E-state index contributed by atoms with van der Waals surface area (Å²) in [6.45, 7) is 2.75. The lowest BCUT2D eigenvalue weighted by atomic mass is 10.1. The summed E-state index contributed by atoms with van der Waals surface area (Å²) in [4.78, 5) is 63.0. The molecule has 0 saturated carbocycles. The zero-order valence-corrected chi connectivity index (χ0v) is 17.9. The number of nitrogens with one attached hydrogen (secondary N) is 1. The van der Waals surface area contributed by atoms with Crippen LogP contribution in [-0.2, 0) is 14.3 Å². The fraction of sp³-hybridized carbons (Fsp3) is 0.292. The molecule has 3 amide bonds. The van der Waals surface area contributed by atoms with Crippen LogP contribution in [0.3, 0.4) is 0 Å². The third kappa shape index (κ3) is 4.91. The predicted molar refractivity (Wildman–Crippen MR) is 116 cm³/mol. The number of hydrogen-bond acceptors (Lipinski definition) is 6. The maximum Gasteiger partial charge on any atom is 0.329 e. The first-order chi connectivity index (χ1) is 15.3. The van der Waals surface area contributed by atoms with E-state index in [1.54, 1.807) is 42.5 Å². The molecule has 1 heterocycles. The molecule has 3 rings (SSSR count). The summed E-state index contributed by atoms with van der Waals surface area (Å²) in [5, 5.41) is 2.56. The zero-order chi connectivity index (χ0) is 23.3. The summed E-state index contributed by atoms with van der Waals surface area (Å²) in [7, 11) is 0. The number of unbranched alkanes of at least 4 members (excludes halogenated alkanes) is 1. The highest BCUT2D eigenvalue weighted by Gasteiger charge is 2.43. The molecule has 0 unspecified atom stereocenters. The highest BCUT2D eigenvalue weighted by atomic mass is 16.5. The number of benzene rings is 2. The summed E-state index contributed by atoms with van der Waals surface area (Å²) in [6.07, 6.45) is 1.58. The largest absolute Gasteiger partial charge is 0.454 e. The first kappa shape index (κ1) is 22.9. The van der Waals surface area contributed by atoms with Crippen LogP contribution >= 0.6 is 0 Å². The molecule has 0 spiro atoms. The average molecular weight is 436 g/mol. The fourth-order valence-electron chi connectivity index (χ4n) is 3.49. The van der Waals surface area contributed by atoms with Gasteiger partial charge < -0.3 is 10.1 Å². The van der Waals surface area contributed by atoms with E-state index >= 15 is 0 Å². The highest BCUT2D eigenvalue weighted by molar-refractivity contribution is 6.22. The molecule has 8 nitrogen and oxygen atoms in total. The SMILES string of the molecule is CCCC[C@H](C(=O)OCC(=O)Nc1cccc(C(C)=O)c1)N1C(=O)c2ccccc2C1=O. The molecule has 0 saturated heterocycles. The maximum atomic E-state index is 12.8. The Bertz CT molecular complexity index is 1040. The van der Waals surface area contributed by atoms with Gasteiger partial charge in [-0.05, 0) is 37.6 Å². The van der Waals surface area contributed by atoms with Crippen LogP contribution in [0.25, 0.3) is 0 Å². The van der Waals surface area contributed by atoms with E-state index in [2.05, 4.69) is 5.32 Å². The van der Waals surface area contributed by atoms with E-state index in [9.17, 15) is 24.0 Å². The van der Waals surface area contributed by atoms with Gasteiger partial charge in [0.15, 0.2) is 12.4 Å². The van der Waals surface area contributed by atoms with Gasteiger partial charge in [-0.25, -0.2) is 4.79 Å². The van der Waals surface area contributed by atoms with Crippen LogP contribution in [0.4, 0.5) is 5.69 Å². The number of nitrogens with zero attached hydrogens (tertiary/aromatic N) is 1. The van der Waals surface area contributed by atoms with E-state index < -0.39 is 36.3 Å². The van der Waals surface area contributed by atoms with Crippen molar-refractivity contribution in [2.75, 3.05) is 11.9 Å². The number of esters is 1. The van der Waals surface area contributed by atoms with Gasteiger partial charge in [-0.2, -0.15) is 0 Å². The third-order valence-corrected chi connectivity index (χ3v) is 5.14. The minimum atomic E-state index is -1.11. The number of ether oxygens (including phenoxy) is 1. The van der Waals surface area contributed by atoms with Gasteiger partial charge >= 0.3 is 5.97 Å². The topological polar surface area (TPSA) is 110 Å². The Morgan fingerprint density at radius 2 is 1.66 bits per heavy atom. The highest BCUT2D eigenvalue weighted by Crippen LogP contribution is 2.27. The Labute approximate surface area is 185 Å². The predicted octanol–water partition coefficient (Wildman–Crippen LogP) is 3.23. The first-order valence-corrected chi connectivity index (χ1v) is 10.4. The first-order valence-electron chi connectivity index (χ1n) is 10.4. The molecule has 166 valence electrons. The molecule has 2 aromatic carbocycles. The number of carbonyl (C=O) groups excluding carboxylic acids is 5. The number of amides is 3. The smallest absolute Gasteiger partial charge is 0.329 e. The maximum absolute atomic E-state index is 12.8. The molecule has 0 bridgehead atoms. The lowest BCUT2D eigenvalue weighted by Gasteiger charge is -2.24. The van der Waals surface area contributed by atoms with E-state index in [4.69, 9.17) is 4.74 Å². The molecule has 0 fully saturated rings. The molecule has 8 heteroatoms. The molecule has 1 aliphatic rings. The van der Waals surface area contributed by atoms with Crippen molar-refractivity contribution in [3.8, 4) is 0 Å². The molecule has 2 aromatic rings. The Balaban J connectivity index is 1.67. The number of hydrogen-bond donors (Lipinski definition) is 1. The van der Waals surface area contributed by atoms with Crippen LogP contribution in [0.1, 0.15) is 64.2 Å². The van der Waals surface area contributed by atoms with E-state index in [-0.39, 0.29) is 23.3 Å². The van der Waals surface area contributed by atoms with Crippen molar-refractivity contribution in [2.45, 2.75) is 39.2 Å². The quantitative estimate of drug-likeness (QED) is 0.367. The van der Waals surface area contributed by atoms with Crippen molar-refractivity contribution in [2.24, 2.45) is 0 Å². The molecule has 1 aliphatic heterocycles. The van der Waals surface area contributed by atoms with Crippen LogP contribution in [0.2, 0.25) is 0 Å². The molecular formula is C24H24N2O6. The van der Waals surface area contributed by atoms with Gasteiger partial charge in [0, 0.05) is 11.3 Å². The molecule has 1 N–H and O–H groups in total. The zero-order valence-electron chi connectivity index (χ0n) is 17.9. The summed E-state index contributed by atoms with van der Waals surface area (Å²) in [5.74, 6) is -2.66. The Hall–Kier alpha value is -3.81. The van der Waals surface area contributed by atoms with Gasteiger partial charge in [0.25, 0.3) is 17.7 Å². The molecule has 0 aliphatic carbocycles. The third-order valence-electron chi connectivity index (χ3n) is 5.14. The average Bonchev–Trinajstić information content (AvgIpc) is 3.03. The lowest BCUT2D eigenvalue weighted by molar-refractivity contribution is -0.151. The lowest BCUT2D eigenvalue weighted by Crippen LogP contribution is -2.46. The number of fused-ring (bicyclic) bond motifs is 1. The van der Waals surface area contributed by atoms with Crippen LogP contribution < -0.4 is 5.32 Å². The summed E-state index contributed by atoms with van der Waals surface area (Å²) < 4.78 is 5.16. The second-order valence-electron chi connectivity index (χ2n) is 7.48. The summed E-state index contributed by atoms with van der Waals surface area (Å²) in [5.41, 5.74) is 1.32. The van der Waals surface area contributed by atoms with Gasteiger partial charge in [0.1, 0.15) is 6.04 Å². The van der Waals surface area contributed by atoms with Gasteiger partial charge in [0.05, 0.1) is 11.1 Å². The van der Waals surface area contributed by atoms with Crippen molar-refractivity contribution < 1.29 is 28.7 Å². The number of Topliss-reactive ketones (excluding diaryl/α,β-unsaturated/α-hetero) is 1. The van der Waals surface area contributed by atoms with Gasteiger partial charge in [-0.15, -0.1) is 0 Å². The molecule has 0 radical (unpaired) electrons. The van der Waals surface area contributed by atoms with Crippen LogP contribution in [0.5, 0.6) is 0 Å². The fourth-order valence-corrected chi connectivity index (χ4v) is 3.49. The van der Waals surface area contributed by atoms with Gasteiger partial charge in [0.2, 0.25) is 0 Å². The van der Waals surface area contributed by atoms with Crippen molar-refractivity contribution >= 4 is 35.2 Å². The Kier molecular flexibility index (Phi) is 7.14. The van der Waals surface area contributed by atoms with Crippen LogP contribution in [0, 0.1) is 0 Å². The minimum absolute atomic E-state index is 0.146. The normalized spacial score (nSPS) is 13.5. The molecule has 0 aromatic heterocycles. The molecule has 32 heavy (non-hydrogen) atoms. The van der Waals surface area contributed by atoms with Crippen molar-refractivity contribution in [1.29, 1.82) is 0 Å². The van der Waals surface area contributed by atoms with Crippen LogP contribution in [-0.4, -0.2) is 47.0 Å². The standard InChI is InChI=1S/C24H24N2O6/c1-3-4-12-20(26-22(29)18-10-5-6-11-19(18)23(26)30)24(31)32-14-21(28)25-17-9-7-8-16(13-17)15(2)27/h5-11,13,20H,3-4,12,14H2,1-2H3,(H,25,28)/t20-/m1/s1. The number of carbonyl (C=O) groups is 5. The number of anilines is 1. The Morgan fingerprint density at radius 3 is 2.25 bits per heavy atom. The van der Waals surface area contributed by atoms with Gasteiger partial charge in [-0.3, -0.25) is 24.1 Å². The second-order valence-corrected chi connectivity index (χ2v) is 7.48. The van der Waals surface area contributed by atoms with E-state index in [0.29, 0.717) is 17.7 Å². The Morgan fingerprint density at radius 1 is 1.00 bits per heavy atom. The number of rotatable bonds is 9. The van der Waals surface area contributed by atoms with E-state index in [0.717, 1.165) is 11.3 Å². The number of ketones is 1. The van der Waals surface area contributed by atoms with Crippen molar-refractivity contribution in [3.05, 3.63) is 65.2 Å². The summed E-state index contributed by atoms with van der Waals surface area (Å²) >= 11 is 0. The molecular weight excluding hydrogens is 412 g/mol.